The molecule has 0 unspecified atom stereocenters. The summed E-state index contributed by atoms with van der Waals surface area (Å²) in [4.78, 5) is 12.0. The van der Waals surface area contributed by atoms with Crippen molar-refractivity contribution in [2.75, 3.05) is 10.8 Å². The maximum Gasteiger partial charge on any atom is 0.264 e. The molecular formula is C18H23N3O3S. The zero-order valence-electron chi connectivity index (χ0n) is 14.8. The number of nitrogens with two attached hydrogens (primary N) is 1. The third kappa shape index (κ3) is 4.00. The Morgan fingerprint density at radius 1 is 1.00 bits per heavy atom. The molecule has 0 aromatic heterocycles. The van der Waals surface area contributed by atoms with Crippen LogP contribution in [-0.4, -0.2) is 20.9 Å². The van der Waals surface area contributed by atoms with Gasteiger partial charge in [-0.1, -0.05) is 35.4 Å². The van der Waals surface area contributed by atoms with Gasteiger partial charge in [-0.15, -0.1) is 0 Å². The van der Waals surface area contributed by atoms with Crippen molar-refractivity contribution in [3.05, 3.63) is 58.7 Å². The predicted molar refractivity (Wildman–Crippen MR) is 98.7 cm³/mol. The van der Waals surface area contributed by atoms with Gasteiger partial charge in [0.1, 0.15) is 6.54 Å². The minimum absolute atomic E-state index is 0.127. The number of benzene rings is 2. The molecule has 0 saturated heterocycles. The highest BCUT2D eigenvalue weighted by atomic mass is 32.2. The lowest BCUT2D eigenvalue weighted by Crippen LogP contribution is -2.43. The summed E-state index contributed by atoms with van der Waals surface area (Å²) in [7, 11) is -3.92. The number of rotatable bonds is 5. The molecule has 0 aliphatic rings. The summed E-state index contributed by atoms with van der Waals surface area (Å²) >= 11 is 0. The Bertz CT molecular complexity index is 867. The quantitative estimate of drug-likeness (QED) is 0.485. The van der Waals surface area contributed by atoms with E-state index < -0.39 is 22.5 Å². The highest BCUT2D eigenvalue weighted by Crippen LogP contribution is 2.31. The minimum Gasteiger partial charge on any atom is -0.293 e. The Morgan fingerprint density at radius 2 is 1.52 bits per heavy atom. The number of carbonyl (C=O) groups excluding carboxylic acids is 1. The molecule has 0 heterocycles. The molecule has 3 N–H and O–H groups in total. The van der Waals surface area contributed by atoms with Crippen molar-refractivity contribution in [2.24, 2.45) is 5.84 Å². The summed E-state index contributed by atoms with van der Waals surface area (Å²) < 4.78 is 27.5. The number of sulfonamides is 1. The molecule has 0 atom stereocenters. The van der Waals surface area contributed by atoms with E-state index in [2.05, 4.69) is 0 Å². The van der Waals surface area contributed by atoms with Gasteiger partial charge in [0.15, 0.2) is 0 Å². The largest absolute Gasteiger partial charge is 0.293 e. The SMILES string of the molecule is Cc1ccc(S(=O)(=O)N(CC(=O)NN)c2c(C)cc(C)cc2C)cc1. The third-order valence-electron chi connectivity index (χ3n) is 3.94. The van der Waals surface area contributed by atoms with Gasteiger partial charge in [-0.3, -0.25) is 14.5 Å². The molecule has 0 aliphatic carbocycles. The molecule has 25 heavy (non-hydrogen) atoms. The van der Waals surface area contributed by atoms with E-state index in [-0.39, 0.29) is 4.90 Å². The highest BCUT2D eigenvalue weighted by Gasteiger charge is 2.29. The van der Waals surface area contributed by atoms with Crippen molar-refractivity contribution >= 4 is 21.6 Å². The van der Waals surface area contributed by atoms with Gasteiger partial charge < -0.3 is 0 Å². The van der Waals surface area contributed by atoms with Crippen molar-refractivity contribution < 1.29 is 13.2 Å². The molecule has 0 aliphatic heterocycles. The van der Waals surface area contributed by atoms with Crippen LogP contribution < -0.4 is 15.6 Å². The van der Waals surface area contributed by atoms with Crippen LogP contribution in [-0.2, 0) is 14.8 Å². The summed E-state index contributed by atoms with van der Waals surface area (Å²) in [5, 5.41) is 0. The summed E-state index contributed by atoms with van der Waals surface area (Å²) in [6.07, 6.45) is 0. The Hall–Kier alpha value is -2.38. The Kier molecular flexibility index (Phi) is 5.49. The minimum atomic E-state index is -3.92. The number of nitrogens with one attached hydrogen (secondary N) is 1. The van der Waals surface area contributed by atoms with Gasteiger partial charge in [0.2, 0.25) is 0 Å². The van der Waals surface area contributed by atoms with E-state index in [4.69, 9.17) is 5.84 Å². The highest BCUT2D eigenvalue weighted by molar-refractivity contribution is 7.92. The van der Waals surface area contributed by atoms with Gasteiger partial charge in [0.25, 0.3) is 15.9 Å². The Morgan fingerprint density at radius 3 is 2.00 bits per heavy atom. The van der Waals surface area contributed by atoms with E-state index in [9.17, 15) is 13.2 Å². The first-order valence-corrected chi connectivity index (χ1v) is 9.27. The van der Waals surface area contributed by atoms with Crippen LogP contribution in [0, 0.1) is 27.7 Å². The predicted octanol–water partition coefficient (Wildman–Crippen LogP) is 2.11. The molecule has 134 valence electrons. The summed E-state index contributed by atoms with van der Waals surface area (Å²) in [6, 6.07) is 10.3. The van der Waals surface area contributed by atoms with Crippen molar-refractivity contribution in [1.29, 1.82) is 0 Å². The molecule has 1 amide bonds. The molecule has 2 rings (SSSR count). The fourth-order valence-electron chi connectivity index (χ4n) is 2.86. The normalized spacial score (nSPS) is 11.2. The first kappa shape index (κ1) is 19.0. The number of carbonyl (C=O) groups is 1. The monoisotopic (exact) mass is 361 g/mol. The molecule has 2 aromatic rings. The molecule has 0 bridgehead atoms. The number of hydrazine groups is 1. The fourth-order valence-corrected chi connectivity index (χ4v) is 4.41. The number of hydrogen-bond acceptors (Lipinski definition) is 4. The lowest BCUT2D eigenvalue weighted by atomic mass is 10.1. The number of hydrogen-bond donors (Lipinski definition) is 2. The molecule has 7 heteroatoms. The van der Waals surface area contributed by atoms with Gasteiger partial charge in [-0.05, 0) is 51.0 Å². The van der Waals surface area contributed by atoms with Crippen LogP contribution in [0.15, 0.2) is 41.3 Å². The van der Waals surface area contributed by atoms with Crippen molar-refractivity contribution in [1.82, 2.24) is 5.43 Å². The van der Waals surface area contributed by atoms with E-state index >= 15 is 0 Å². The van der Waals surface area contributed by atoms with Gasteiger partial charge in [0, 0.05) is 0 Å². The summed E-state index contributed by atoms with van der Waals surface area (Å²) in [5.74, 6) is 4.59. The number of aryl methyl sites for hydroxylation is 4. The second-order valence-corrected chi connectivity index (χ2v) is 8.00. The standard InChI is InChI=1S/C18H23N3O3S/c1-12-5-7-16(8-6-12)25(23,24)21(11-17(22)20-19)18-14(3)9-13(2)10-15(18)4/h5-10H,11,19H2,1-4H3,(H,20,22). The Labute approximate surface area is 148 Å². The molecule has 0 radical (unpaired) electrons. The first-order valence-electron chi connectivity index (χ1n) is 7.83. The number of amides is 1. The van der Waals surface area contributed by atoms with Crippen molar-refractivity contribution in [3.63, 3.8) is 0 Å². The average Bonchev–Trinajstić information content (AvgIpc) is 2.53. The number of anilines is 1. The van der Waals surface area contributed by atoms with E-state index in [1.165, 1.54) is 12.1 Å². The molecule has 0 saturated carbocycles. The first-order chi connectivity index (χ1) is 11.7. The molecule has 2 aromatic carbocycles. The van der Waals surface area contributed by atoms with E-state index in [1.807, 2.05) is 45.3 Å². The van der Waals surface area contributed by atoms with Crippen LogP contribution in [0.3, 0.4) is 0 Å². The van der Waals surface area contributed by atoms with Crippen LogP contribution in [0.1, 0.15) is 22.3 Å². The third-order valence-corrected chi connectivity index (χ3v) is 5.70. The second kappa shape index (κ2) is 7.25. The number of nitrogens with zero attached hydrogens (tertiary/aromatic N) is 1. The van der Waals surface area contributed by atoms with Gasteiger partial charge in [-0.2, -0.15) is 0 Å². The topological polar surface area (TPSA) is 92.5 Å². The molecule has 6 nitrogen and oxygen atoms in total. The lowest BCUT2D eigenvalue weighted by Gasteiger charge is -2.27. The van der Waals surface area contributed by atoms with Gasteiger partial charge in [-0.25, -0.2) is 14.3 Å². The van der Waals surface area contributed by atoms with Crippen LogP contribution in [0.25, 0.3) is 0 Å². The van der Waals surface area contributed by atoms with E-state index in [0.29, 0.717) is 5.69 Å². The smallest absolute Gasteiger partial charge is 0.264 e. The second-order valence-electron chi connectivity index (χ2n) is 6.14. The van der Waals surface area contributed by atoms with E-state index in [0.717, 1.165) is 26.6 Å². The molecule has 0 spiro atoms. The maximum atomic E-state index is 13.2. The van der Waals surface area contributed by atoms with Crippen LogP contribution in [0.4, 0.5) is 5.69 Å². The van der Waals surface area contributed by atoms with Gasteiger partial charge in [0.05, 0.1) is 10.6 Å². The van der Waals surface area contributed by atoms with E-state index in [1.54, 1.807) is 12.1 Å². The zero-order chi connectivity index (χ0) is 18.8. The molecular weight excluding hydrogens is 338 g/mol. The fraction of sp³-hybridized carbons (Fsp3) is 0.278. The maximum absolute atomic E-state index is 13.2. The summed E-state index contributed by atoms with van der Waals surface area (Å²) in [6.45, 7) is 7.08. The van der Waals surface area contributed by atoms with Crippen LogP contribution in [0.5, 0.6) is 0 Å². The van der Waals surface area contributed by atoms with Crippen LogP contribution >= 0.6 is 0 Å². The Balaban J connectivity index is 2.65. The van der Waals surface area contributed by atoms with Gasteiger partial charge >= 0.3 is 0 Å². The van der Waals surface area contributed by atoms with Crippen LogP contribution in [0.2, 0.25) is 0 Å². The lowest BCUT2D eigenvalue weighted by molar-refractivity contribution is -0.119. The summed E-state index contributed by atoms with van der Waals surface area (Å²) in [5.41, 5.74) is 6.02. The zero-order valence-corrected chi connectivity index (χ0v) is 15.6. The van der Waals surface area contributed by atoms with Crippen molar-refractivity contribution in [2.45, 2.75) is 32.6 Å². The molecule has 0 fully saturated rings. The average molecular weight is 361 g/mol. The van der Waals surface area contributed by atoms with Crippen molar-refractivity contribution in [3.8, 4) is 0 Å².